The summed E-state index contributed by atoms with van der Waals surface area (Å²) in [6.45, 7) is 4.22. The quantitative estimate of drug-likeness (QED) is 0.767. The fraction of sp³-hybridized carbons (Fsp3) is 0.562. The first kappa shape index (κ1) is 14.2. The minimum absolute atomic E-state index is 0.0587. The van der Waals surface area contributed by atoms with E-state index in [1.807, 2.05) is 6.92 Å². The van der Waals surface area contributed by atoms with Crippen molar-refractivity contribution in [2.75, 3.05) is 6.61 Å². The van der Waals surface area contributed by atoms with Gasteiger partial charge in [-0.25, -0.2) is 4.39 Å². The Bertz CT molecular complexity index is 436. The third-order valence-corrected chi connectivity index (χ3v) is 3.80. The molecule has 0 aliphatic heterocycles. The average molecular weight is 264 g/mol. The molecule has 2 rings (SSSR count). The number of aryl methyl sites for hydroxylation is 1. The van der Waals surface area contributed by atoms with Crippen molar-refractivity contribution in [1.82, 2.24) is 0 Å². The zero-order valence-corrected chi connectivity index (χ0v) is 11.7. The predicted molar refractivity (Wildman–Crippen MR) is 72.9 cm³/mol. The van der Waals surface area contributed by atoms with E-state index in [1.165, 1.54) is 12.1 Å². The molecule has 0 N–H and O–H groups in total. The van der Waals surface area contributed by atoms with Crippen molar-refractivity contribution in [2.24, 2.45) is 0 Å². The van der Waals surface area contributed by atoms with Crippen LogP contribution in [0.25, 0.3) is 0 Å². The molecule has 1 aromatic carbocycles. The van der Waals surface area contributed by atoms with E-state index >= 15 is 0 Å². The smallest absolute Gasteiger partial charge is 0.194 e. The lowest BCUT2D eigenvalue weighted by Crippen LogP contribution is -2.43. The average Bonchev–Trinajstić information content (AvgIpc) is 2.38. The largest absolute Gasteiger partial charge is 0.367 e. The van der Waals surface area contributed by atoms with Crippen LogP contribution in [0, 0.1) is 12.7 Å². The molecule has 0 bridgehead atoms. The second kappa shape index (κ2) is 5.83. The number of rotatable bonds is 4. The molecule has 0 saturated heterocycles. The lowest BCUT2D eigenvalue weighted by atomic mass is 9.79. The van der Waals surface area contributed by atoms with Crippen molar-refractivity contribution < 1.29 is 13.9 Å². The Labute approximate surface area is 114 Å². The van der Waals surface area contributed by atoms with Gasteiger partial charge in [-0.1, -0.05) is 19.3 Å². The van der Waals surface area contributed by atoms with Gasteiger partial charge in [-0.3, -0.25) is 4.79 Å². The number of carbonyl (C=O) groups is 1. The molecule has 1 aliphatic carbocycles. The van der Waals surface area contributed by atoms with Crippen LogP contribution in [0.3, 0.4) is 0 Å². The second-order valence-corrected chi connectivity index (χ2v) is 5.33. The molecule has 0 heterocycles. The van der Waals surface area contributed by atoms with Gasteiger partial charge in [-0.05, 0) is 50.5 Å². The Morgan fingerprint density at radius 3 is 2.53 bits per heavy atom. The fourth-order valence-corrected chi connectivity index (χ4v) is 2.97. The van der Waals surface area contributed by atoms with Crippen molar-refractivity contribution >= 4 is 5.78 Å². The van der Waals surface area contributed by atoms with E-state index in [0.717, 1.165) is 37.7 Å². The summed E-state index contributed by atoms with van der Waals surface area (Å²) < 4.78 is 19.3. The van der Waals surface area contributed by atoms with Crippen LogP contribution >= 0.6 is 0 Å². The van der Waals surface area contributed by atoms with Gasteiger partial charge in [0.05, 0.1) is 0 Å². The summed E-state index contributed by atoms with van der Waals surface area (Å²) in [6, 6.07) is 4.51. The number of ether oxygens (including phenoxy) is 1. The van der Waals surface area contributed by atoms with Crippen LogP contribution in [0.5, 0.6) is 0 Å². The first-order valence-corrected chi connectivity index (χ1v) is 7.03. The maximum Gasteiger partial charge on any atom is 0.194 e. The van der Waals surface area contributed by atoms with Crippen molar-refractivity contribution in [3.63, 3.8) is 0 Å². The van der Waals surface area contributed by atoms with Crippen molar-refractivity contribution in [3.05, 3.63) is 35.1 Å². The molecule has 104 valence electrons. The third kappa shape index (κ3) is 3.03. The van der Waals surface area contributed by atoms with Crippen LogP contribution in [-0.4, -0.2) is 18.0 Å². The van der Waals surface area contributed by atoms with Crippen LogP contribution in [0.1, 0.15) is 54.9 Å². The second-order valence-electron chi connectivity index (χ2n) is 5.33. The Morgan fingerprint density at radius 2 is 1.95 bits per heavy atom. The van der Waals surface area contributed by atoms with E-state index in [4.69, 9.17) is 4.74 Å². The summed E-state index contributed by atoms with van der Waals surface area (Å²) >= 11 is 0. The van der Waals surface area contributed by atoms with Gasteiger partial charge in [-0.15, -0.1) is 0 Å². The Kier molecular flexibility index (Phi) is 4.35. The molecule has 0 atom stereocenters. The van der Waals surface area contributed by atoms with Gasteiger partial charge in [0.1, 0.15) is 11.4 Å². The molecule has 0 spiro atoms. The topological polar surface area (TPSA) is 26.3 Å². The maximum atomic E-state index is 13.5. The highest BCUT2D eigenvalue weighted by Crippen LogP contribution is 2.35. The van der Waals surface area contributed by atoms with Gasteiger partial charge in [-0.2, -0.15) is 0 Å². The summed E-state index contributed by atoms with van der Waals surface area (Å²) in [5, 5.41) is 0. The van der Waals surface area contributed by atoms with Crippen molar-refractivity contribution in [1.29, 1.82) is 0 Å². The summed E-state index contributed by atoms with van der Waals surface area (Å²) in [5.41, 5.74) is 0.478. The van der Waals surface area contributed by atoms with E-state index in [-0.39, 0.29) is 11.6 Å². The van der Waals surface area contributed by atoms with Gasteiger partial charge >= 0.3 is 0 Å². The standard InChI is InChI=1S/C16H21FO2/c1-3-19-16(7-5-4-6-8-16)15(18)13-9-12(2)10-14(17)11-13/h9-11H,3-8H2,1-2H3. The van der Waals surface area contributed by atoms with Crippen molar-refractivity contribution in [2.45, 2.75) is 51.6 Å². The van der Waals surface area contributed by atoms with Gasteiger partial charge in [0.25, 0.3) is 0 Å². The van der Waals surface area contributed by atoms with E-state index in [2.05, 4.69) is 0 Å². The molecular formula is C16H21FO2. The first-order chi connectivity index (χ1) is 9.07. The lowest BCUT2D eigenvalue weighted by molar-refractivity contribution is -0.0411. The zero-order valence-electron chi connectivity index (χ0n) is 11.7. The van der Waals surface area contributed by atoms with E-state index < -0.39 is 5.60 Å². The molecule has 1 aromatic rings. The minimum Gasteiger partial charge on any atom is -0.367 e. The number of carbonyl (C=O) groups excluding carboxylic acids is 1. The Morgan fingerprint density at radius 1 is 1.26 bits per heavy atom. The van der Waals surface area contributed by atoms with Crippen LogP contribution in [0.4, 0.5) is 4.39 Å². The number of hydrogen-bond acceptors (Lipinski definition) is 2. The highest BCUT2D eigenvalue weighted by Gasteiger charge is 2.40. The summed E-state index contributed by atoms with van der Waals surface area (Å²) in [7, 11) is 0. The molecule has 3 heteroatoms. The molecule has 1 aliphatic rings. The number of ketones is 1. The van der Waals surface area contributed by atoms with Gasteiger partial charge in [0.2, 0.25) is 0 Å². The molecule has 0 aromatic heterocycles. The number of Topliss-reactive ketones (excluding diaryl/α,β-unsaturated/α-hetero) is 1. The van der Waals surface area contributed by atoms with Crippen LogP contribution in [0.2, 0.25) is 0 Å². The predicted octanol–water partition coefficient (Wildman–Crippen LogP) is 4.06. The van der Waals surface area contributed by atoms with Crippen molar-refractivity contribution in [3.8, 4) is 0 Å². The highest BCUT2D eigenvalue weighted by atomic mass is 19.1. The van der Waals surface area contributed by atoms with Gasteiger partial charge < -0.3 is 4.74 Å². The minimum atomic E-state index is -0.729. The van der Waals surface area contributed by atoms with Gasteiger partial charge in [0.15, 0.2) is 5.78 Å². The SMILES string of the molecule is CCOC1(C(=O)c2cc(C)cc(F)c2)CCCCC1. The van der Waals surface area contributed by atoms with E-state index in [9.17, 15) is 9.18 Å². The molecule has 0 amide bonds. The Hall–Kier alpha value is -1.22. The maximum absolute atomic E-state index is 13.5. The number of hydrogen-bond donors (Lipinski definition) is 0. The van der Waals surface area contributed by atoms with Crippen LogP contribution in [-0.2, 0) is 4.74 Å². The molecule has 1 saturated carbocycles. The van der Waals surface area contributed by atoms with Crippen LogP contribution in [0.15, 0.2) is 18.2 Å². The lowest BCUT2D eigenvalue weighted by Gasteiger charge is -2.35. The molecule has 0 unspecified atom stereocenters. The Balaban J connectivity index is 2.33. The molecule has 0 radical (unpaired) electrons. The fourth-order valence-electron chi connectivity index (χ4n) is 2.97. The van der Waals surface area contributed by atoms with E-state index in [1.54, 1.807) is 13.0 Å². The van der Waals surface area contributed by atoms with E-state index in [0.29, 0.717) is 12.2 Å². The summed E-state index contributed by atoms with van der Waals surface area (Å²) in [6.07, 6.45) is 4.63. The number of halogens is 1. The highest BCUT2D eigenvalue weighted by molar-refractivity contribution is 6.02. The zero-order chi connectivity index (χ0) is 13.9. The third-order valence-electron chi connectivity index (χ3n) is 3.80. The summed E-state index contributed by atoms with van der Waals surface area (Å²) in [4.78, 5) is 12.7. The molecule has 19 heavy (non-hydrogen) atoms. The van der Waals surface area contributed by atoms with Gasteiger partial charge in [0, 0.05) is 12.2 Å². The first-order valence-electron chi connectivity index (χ1n) is 7.03. The molecule has 2 nitrogen and oxygen atoms in total. The molecular weight excluding hydrogens is 243 g/mol. The number of benzene rings is 1. The summed E-state index contributed by atoms with van der Waals surface area (Å²) in [5.74, 6) is -0.414. The van der Waals surface area contributed by atoms with Crippen LogP contribution < -0.4 is 0 Å². The monoisotopic (exact) mass is 264 g/mol. The normalized spacial score (nSPS) is 18.3. The molecule has 1 fully saturated rings.